The maximum atomic E-state index is 13.8. The van der Waals surface area contributed by atoms with E-state index in [1.54, 1.807) is 17.0 Å². The van der Waals surface area contributed by atoms with Gasteiger partial charge in [0.1, 0.15) is 5.82 Å². The van der Waals surface area contributed by atoms with E-state index in [2.05, 4.69) is 23.4 Å². The lowest BCUT2D eigenvalue weighted by molar-refractivity contribution is -0.137. The lowest BCUT2D eigenvalue weighted by Gasteiger charge is -2.31. The third kappa shape index (κ3) is 6.58. The summed E-state index contributed by atoms with van der Waals surface area (Å²) in [6.45, 7) is 1.04. The maximum Gasteiger partial charge on any atom is 0.418 e. The minimum Gasteiger partial charge on any atom is -0.371 e. The number of piperidine rings is 1. The molecule has 3 amide bonds. The highest BCUT2D eigenvalue weighted by Gasteiger charge is 2.35. The minimum atomic E-state index is -4.52. The highest BCUT2D eigenvalue weighted by Crippen LogP contribution is 2.38. The summed E-state index contributed by atoms with van der Waals surface area (Å²) in [7, 11) is 0. The van der Waals surface area contributed by atoms with Crippen LogP contribution in [-0.4, -0.2) is 25.0 Å². The van der Waals surface area contributed by atoms with Crippen LogP contribution in [-0.2, 0) is 12.7 Å². The summed E-state index contributed by atoms with van der Waals surface area (Å²) < 4.78 is 56.1. The molecule has 0 spiro atoms. The van der Waals surface area contributed by atoms with Gasteiger partial charge in [-0.05, 0) is 73.4 Å². The molecule has 1 saturated heterocycles. The van der Waals surface area contributed by atoms with Crippen LogP contribution in [0.1, 0.15) is 40.7 Å². The van der Waals surface area contributed by atoms with Crippen molar-refractivity contribution >= 4 is 41.8 Å². The number of rotatable bonds is 6. The van der Waals surface area contributed by atoms with Gasteiger partial charge >= 0.3 is 12.2 Å². The molecule has 6 nitrogen and oxygen atoms in total. The second-order valence-electron chi connectivity index (χ2n) is 8.85. The molecule has 1 fully saturated rings. The first-order chi connectivity index (χ1) is 18.1. The van der Waals surface area contributed by atoms with Crippen LogP contribution in [0.5, 0.6) is 0 Å². The molecule has 0 radical (unpaired) electrons. The van der Waals surface area contributed by atoms with Gasteiger partial charge in [-0.1, -0.05) is 31.0 Å². The number of amides is 3. The molecule has 3 aromatic carbocycles. The van der Waals surface area contributed by atoms with Crippen molar-refractivity contribution in [3.63, 3.8) is 0 Å². The number of benzene rings is 3. The van der Waals surface area contributed by atoms with Crippen LogP contribution in [0.3, 0.4) is 0 Å². The predicted molar refractivity (Wildman–Crippen MR) is 142 cm³/mol. The molecule has 38 heavy (non-hydrogen) atoms. The van der Waals surface area contributed by atoms with Gasteiger partial charge in [-0.3, -0.25) is 4.79 Å². The molecule has 11 heteroatoms. The lowest BCUT2D eigenvalue weighted by Crippen LogP contribution is -2.34. The summed E-state index contributed by atoms with van der Waals surface area (Å²) in [5, 5.41) is 5.14. The van der Waals surface area contributed by atoms with Crippen molar-refractivity contribution < 1.29 is 27.2 Å². The zero-order valence-corrected chi connectivity index (χ0v) is 21.2. The lowest BCUT2D eigenvalue weighted by atomic mass is 10.0. The predicted octanol–water partition coefficient (Wildman–Crippen LogP) is 6.65. The molecule has 4 rings (SSSR count). The van der Waals surface area contributed by atoms with Gasteiger partial charge < -0.3 is 15.5 Å². The van der Waals surface area contributed by atoms with Crippen molar-refractivity contribution in [1.82, 2.24) is 5.32 Å². The van der Waals surface area contributed by atoms with Crippen LogP contribution >= 0.6 is 12.8 Å². The van der Waals surface area contributed by atoms with E-state index in [0.717, 1.165) is 29.6 Å². The van der Waals surface area contributed by atoms with Gasteiger partial charge in [-0.25, -0.2) is 13.5 Å². The number of hydrogen-bond donors (Lipinski definition) is 3. The van der Waals surface area contributed by atoms with E-state index in [4.69, 9.17) is 0 Å². The Morgan fingerprint density at radius 1 is 0.947 bits per heavy atom. The van der Waals surface area contributed by atoms with Gasteiger partial charge in [-0.15, -0.1) is 0 Å². The average Bonchev–Trinajstić information content (AvgIpc) is 2.92. The van der Waals surface area contributed by atoms with Crippen LogP contribution in [0.2, 0.25) is 0 Å². The van der Waals surface area contributed by atoms with E-state index < -0.39 is 29.5 Å². The monoisotopic (exact) mass is 546 g/mol. The Balaban J connectivity index is 1.38. The number of nitrogens with zero attached hydrogens (tertiary/aromatic N) is 2. The van der Waals surface area contributed by atoms with Crippen LogP contribution in [0.4, 0.5) is 39.4 Å². The van der Waals surface area contributed by atoms with Crippen molar-refractivity contribution in [2.75, 3.05) is 27.6 Å². The van der Waals surface area contributed by atoms with Gasteiger partial charge in [0.25, 0.3) is 5.91 Å². The third-order valence-electron chi connectivity index (χ3n) is 6.19. The molecule has 0 bridgehead atoms. The molecular weight excluding hydrogens is 520 g/mol. The molecule has 0 aliphatic carbocycles. The van der Waals surface area contributed by atoms with Gasteiger partial charge in [0, 0.05) is 31.0 Å². The van der Waals surface area contributed by atoms with E-state index in [1.807, 2.05) is 0 Å². The summed E-state index contributed by atoms with van der Waals surface area (Å²) >= 11 is 4.19. The second-order valence-corrected chi connectivity index (χ2v) is 9.25. The largest absolute Gasteiger partial charge is 0.418 e. The number of thiol groups is 1. The third-order valence-corrected chi connectivity index (χ3v) is 6.60. The Bertz CT molecular complexity index is 1290. The highest BCUT2D eigenvalue weighted by atomic mass is 32.1. The normalized spacial score (nSPS) is 13.7. The molecule has 200 valence electrons. The summed E-state index contributed by atoms with van der Waals surface area (Å²) in [6.07, 6.45) is -1.81. The highest BCUT2D eigenvalue weighted by molar-refractivity contribution is 7.82. The first-order valence-corrected chi connectivity index (χ1v) is 12.4. The number of halogens is 4. The second kappa shape index (κ2) is 11.8. The summed E-state index contributed by atoms with van der Waals surface area (Å²) in [6, 6.07) is 15.1. The SMILES string of the molecule is O=C(Nc1ccc(N(S)C(=O)NCc2ccc(N3CCCCC3)c(C(F)(F)F)c2)cc1)c1ccccc1F. The molecule has 1 aliphatic heterocycles. The molecule has 1 heterocycles. The van der Waals surface area contributed by atoms with Crippen molar-refractivity contribution in [1.29, 1.82) is 0 Å². The smallest absolute Gasteiger partial charge is 0.371 e. The fraction of sp³-hybridized carbons (Fsp3) is 0.259. The van der Waals surface area contributed by atoms with E-state index in [1.165, 1.54) is 48.5 Å². The Morgan fingerprint density at radius 2 is 1.63 bits per heavy atom. The number of nitrogens with one attached hydrogen (secondary N) is 2. The quantitative estimate of drug-likeness (QED) is 0.240. The standard InChI is InChI=1S/C27H26F4N4O2S/c28-23-7-3-2-6-21(23)25(36)33-19-9-11-20(12-10-19)35(38)26(37)32-17-18-8-13-24(22(16-18)27(29,30)31)34-14-4-1-5-15-34/h2-3,6-13,16,38H,1,4-5,14-15,17H2,(H,32,37)(H,33,36). The molecule has 1 aliphatic rings. The molecule has 0 saturated carbocycles. The zero-order valence-electron chi connectivity index (χ0n) is 20.3. The van der Waals surface area contributed by atoms with Gasteiger partial charge in [0.2, 0.25) is 0 Å². The zero-order chi connectivity index (χ0) is 27.3. The van der Waals surface area contributed by atoms with Gasteiger partial charge in [0.15, 0.2) is 0 Å². The molecule has 0 unspecified atom stereocenters. The van der Waals surface area contributed by atoms with Crippen molar-refractivity contribution in [2.24, 2.45) is 0 Å². The molecular formula is C27H26F4N4O2S. The van der Waals surface area contributed by atoms with Crippen LogP contribution in [0.15, 0.2) is 66.7 Å². The Kier molecular flexibility index (Phi) is 8.45. The number of carbonyl (C=O) groups excluding carboxylic acids is 2. The Morgan fingerprint density at radius 3 is 2.29 bits per heavy atom. The van der Waals surface area contributed by atoms with E-state index in [9.17, 15) is 27.2 Å². The Labute approximate surface area is 223 Å². The van der Waals surface area contributed by atoms with Crippen LogP contribution in [0.25, 0.3) is 0 Å². The van der Waals surface area contributed by atoms with Gasteiger partial charge in [-0.2, -0.15) is 13.2 Å². The number of carbonyl (C=O) groups is 2. The van der Waals surface area contributed by atoms with Crippen molar-refractivity contribution in [3.05, 3.63) is 89.2 Å². The summed E-state index contributed by atoms with van der Waals surface area (Å²) in [5.74, 6) is -1.27. The first kappa shape index (κ1) is 27.3. The topological polar surface area (TPSA) is 64.7 Å². The summed E-state index contributed by atoms with van der Waals surface area (Å²) in [5.41, 5.74) is 0.361. The van der Waals surface area contributed by atoms with Crippen LogP contribution in [0, 0.1) is 5.82 Å². The van der Waals surface area contributed by atoms with E-state index in [-0.39, 0.29) is 17.8 Å². The molecule has 2 N–H and O–H groups in total. The first-order valence-electron chi connectivity index (χ1n) is 12.0. The number of hydrogen-bond acceptors (Lipinski definition) is 4. The van der Waals surface area contributed by atoms with E-state index in [0.29, 0.717) is 30.0 Å². The van der Waals surface area contributed by atoms with Crippen LogP contribution < -0.4 is 19.8 Å². The molecule has 0 aromatic heterocycles. The summed E-state index contributed by atoms with van der Waals surface area (Å²) in [4.78, 5) is 26.6. The minimum absolute atomic E-state index is 0.107. The van der Waals surface area contributed by atoms with Crippen molar-refractivity contribution in [3.8, 4) is 0 Å². The van der Waals surface area contributed by atoms with Gasteiger partial charge in [0.05, 0.1) is 16.8 Å². The number of anilines is 3. The molecule has 3 aromatic rings. The maximum absolute atomic E-state index is 13.8. The fourth-order valence-corrected chi connectivity index (χ4v) is 4.43. The number of urea groups is 1. The Hall–Kier alpha value is -3.73. The fourth-order valence-electron chi connectivity index (χ4n) is 4.23. The molecule has 0 atom stereocenters. The number of alkyl halides is 3. The average molecular weight is 547 g/mol. The van der Waals surface area contributed by atoms with E-state index >= 15 is 0 Å². The van der Waals surface area contributed by atoms with Crippen molar-refractivity contribution in [2.45, 2.75) is 32.0 Å².